The molecule has 0 fully saturated rings. The van der Waals surface area contributed by atoms with Crippen LogP contribution in [0.2, 0.25) is 5.15 Å². The van der Waals surface area contributed by atoms with Crippen LogP contribution < -0.4 is 5.32 Å². The maximum absolute atomic E-state index is 10.9. The van der Waals surface area contributed by atoms with Gasteiger partial charge in [-0.1, -0.05) is 11.6 Å². The van der Waals surface area contributed by atoms with Crippen LogP contribution in [-0.4, -0.2) is 14.9 Å². The summed E-state index contributed by atoms with van der Waals surface area (Å²) in [7, 11) is 0. The Hall–Kier alpha value is -2.72. The average molecular weight is 276 g/mol. The lowest BCUT2D eigenvalue weighted by Gasteiger charge is -2.05. The van der Waals surface area contributed by atoms with E-state index in [4.69, 9.17) is 16.9 Å². The molecule has 1 aromatic heterocycles. The van der Waals surface area contributed by atoms with Gasteiger partial charge in [0.2, 0.25) is 5.95 Å². The van der Waals surface area contributed by atoms with Crippen molar-refractivity contribution >= 4 is 28.9 Å². The third kappa shape index (κ3) is 2.94. The summed E-state index contributed by atoms with van der Waals surface area (Å²) >= 11 is 5.69. The Balaban J connectivity index is 2.40. The van der Waals surface area contributed by atoms with Gasteiger partial charge in [0.1, 0.15) is 10.8 Å². The molecule has 0 atom stereocenters. The molecule has 0 amide bonds. The molecular weight excluding hydrogens is 270 g/mol. The second kappa shape index (κ2) is 5.29. The fourth-order valence-electron chi connectivity index (χ4n) is 1.38. The van der Waals surface area contributed by atoms with E-state index >= 15 is 0 Å². The van der Waals surface area contributed by atoms with E-state index < -0.39 is 4.92 Å². The minimum atomic E-state index is -0.590. The van der Waals surface area contributed by atoms with Crippen LogP contribution in [-0.2, 0) is 0 Å². The van der Waals surface area contributed by atoms with Crippen molar-refractivity contribution in [1.29, 1.82) is 5.26 Å². The first-order valence-corrected chi connectivity index (χ1v) is 5.42. The number of anilines is 2. The molecule has 0 bridgehead atoms. The average Bonchev–Trinajstić information content (AvgIpc) is 2.39. The summed E-state index contributed by atoms with van der Waals surface area (Å²) in [6.45, 7) is 0. The summed E-state index contributed by atoms with van der Waals surface area (Å²) in [5, 5.41) is 22.6. The number of nitrogens with zero attached hydrogens (tertiary/aromatic N) is 4. The Morgan fingerprint density at radius 1 is 1.42 bits per heavy atom. The molecule has 7 nitrogen and oxygen atoms in total. The summed E-state index contributed by atoms with van der Waals surface area (Å²) < 4.78 is 0. The zero-order chi connectivity index (χ0) is 13.8. The van der Waals surface area contributed by atoms with Gasteiger partial charge in [-0.3, -0.25) is 10.1 Å². The molecule has 19 heavy (non-hydrogen) atoms. The maximum atomic E-state index is 10.9. The first-order chi connectivity index (χ1) is 9.10. The summed E-state index contributed by atoms with van der Waals surface area (Å²) in [4.78, 5) is 18.1. The molecule has 8 heteroatoms. The van der Waals surface area contributed by atoms with Crippen LogP contribution in [0.4, 0.5) is 17.3 Å². The molecule has 0 spiro atoms. The van der Waals surface area contributed by atoms with Crippen molar-refractivity contribution < 1.29 is 4.92 Å². The van der Waals surface area contributed by atoms with Gasteiger partial charge in [-0.05, 0) is 18.2 Å². The number of nitro benzene ring substituents is 1. The van der Waals surface area contributed by atoms with E-state index in [2.05, 4.69) is 15.3 Å². The second-order valence-electron chi connectivity index (χ2n) is 3.43. The van der Waals surface area contributed by atoms with E-state index in [0.717, 1.165) is 0 Å². The zero-order valence-electron chi connectivity index (χ0n) is 9.37. The predicted octanol–water partition coefficient (Wildman–Crippen LogP) is 2.65. The molecule has 0 saturated heterocycles. The molecule has 0 aliphatic carbocycles. The quantitative estimate of drug-likeness (QED) is 0.524. The van der Waals surface area contributed by atoms with Crippen molar-refractivity contribution in [3.05, 3.63) is 51.3 Å². The molecule has 1 aromatic carbocycles. The van der Waals surface area contributed by atoms with Crippen LogP contribution >= 0.6 is 11.6 Å². The third-order valence-corrected chi connectivity index (χ3v) is 2.40. The SMILES string of the molecule is N#Cc1ccc(Nc2nccc(Cl)n2)c([N+](=O)[O-])c1. The van der Waals surface area contributed by atoms with Gasteiger partial charge in [-0.2, -0.15) is 5.26 Å². The molecule has 0 saturated carbocycles. The van der Waals surface area contributed by atoms with Crippen LogP contribution in [0.25, 0.3) is 0 Å². The second-order valence-corrected chi connectivity index (χ2v) is 3.82. The van der Waals surface area contributed by atoms with Crippen LogP contribution in [0.5, 0.6) is 0 Å². The zero-order valence-corrected chi connectivity index (χ0v) is 10.1. The maximum Gasteiger partial charge on any atom is 0.294 e. The summed E-state index contributed by atoms with van der Waals surface area (Å²) in [5.41, 5.74) is 0.151. The molecule has 0 unspecified atom stereocenters. The molecule has 2 aromatic rings. The lowest BCUT2D eigenvalue weighted by atomic mass is 10.2. The molecule has 0 aliphatic rings. The number of nitrogens with one attached hydrogen (secondary N) is 1. The van der Waals surface area contributed by atoms with Crippen LogP contribution in [0, 0.1) is 21.4 Å². The predicted molar refractivity (Wildman–Crippen MR) is 68.1 cm³/mol. The van der Waals surface area contributed by atoms with E-state index in [1.165, 1.54) is 30.5 Å². The van der Waals surface area contributed by atoms with Gasteiger partial charge in [0, 0.05) is 12.3 Å². The number of hydrogen-bond donors (Lipinski definition) is 1. The van der Waals surface area contributed by atoms with E-state index in [1.807, 2.05) is 6.07 Å². The summed E-state index contributed by atoms with van der Waals surface area (Å²) in [6, 6.07) is 7.37. The van der Waals surface area contributed by atoms with E-state index in [9.17, 15) is 10.1 Å². The van der Waals surface area contributed by atoms with Crippen molar-refractivity contribution in [2.45, 2.75) is 0 Å². The molecular formula is C11H6ClN5O2. The summed E-state index contributed by atoms with van der Waals surface area (Å²) in [5.74, 6) is 0.139. The number of benzene rings is 1. The Bertz CT molecular complexity index is 683. The highest BCUT2D eigenvalue weighted by molar-refractivity contribution is 6.29. The smallest absolute Gasteiger partial charge is 0.294 e. The first kappa shape index (κ1) is 12.7. The highest BCUT2D eigenvalue weighted by Crippen LogP contribution is 2.27. The Kier molecular flexibility index (Phi) is 3.54. The molecule has 0 radical (unpaired) electrons. The lowest BCUT2D eigenvalue weighted by molar-refractivity contribution is -0.383. The summed E-state index contributed by atoms with van der Waals surface area (Å²) in [6.07, 6.45) is 1.42. The fourth-order valence-corrected chi connectivity index (χ4v) is 1.51. The van der Waals surface area contributed by atoms with Crippen molar-refractivity contribution in [3.63, 3.8) is 0 Å². The number of nitro groups is 1. The fraction of sp³-hybridized carbons (Fsp3) is 0. The monoisotopic (exact) mass is 275 g/mol. The highest BCUT2D eigenvalue weighted by atomic mass is 35.5. The van der Waals surface area contributed by atoms with Crippen LogP contribution in [0.1, 0.15) is 5.56 Å². The van der Waals surface area contributed by atoms with E-state index in [-0.39, 0.29) is 28.0 Å². The molecule has 2 rings (SSSR count). The lowest BCUT2D eigenvalue weighted by Crippen LogP contribution is -2.00. The Labute approximate surface area is 112 Å². The standard InChI is InChI=1S/C11H6ClN5O2/c12-10-3-4-14-11(16-10)15-8-2-1-7(6-13)5-9(8)17(18)19/h1-5H,(H,14,15,16). The van der Waals surface area contributed by atoms with Gasteiger partial charge in [-0.15, -0.1) is 0 Å². The first-order valence-electron chi connectivity index (χ1n) is 5.04. The van der Waals surface area contributed by atoms with Crippen LogP contribution in [0.3, 0.4) is 0 Å². The van der Waals surface area contributed by atoms with Gasteiger partial charge in [-0.25, -0.2) is 9.97 Å². The van der Waals surface area contributed by atoms with Gasteiger partial charge in [0.25, 0.3) is 5.69 Å². The van der Waals surface area contributed by atoms with Gasteiger partial charge >= 0.3 is 0 Å². The van der Waals surface area contributed by atoms with Crippen molar-refractivity contribution in [3.8, 4) is 6.07 Å². The highest BCUT2D eigenvalue weighted by Gasteiger charge is 2.15. The van der Waals surface area contributed by atoms with Crippen molar-refractivity contribution in [2.75, 3.05) is 5.32 Å². The number of nitriles is 1. The van der Waals surface area contributed by atoms with Crippen LogP contribution in [0.15, 0.2) is 30.5 Å². The van der Waals surface area contributed by atoms with Gasteiger partial charge in [0.15, 0.2) is 0 Å². The third-order valence-electron chi connectivity index (χ3n) is 2.19. The number of hydrogen-bond acceptors (Lipinski definition) is 6. The van der Waals surface area contributed by atoms with E-state index in [1.54, 1.807) is 0 Å². The molecule has 0 aliphatic heterocycles. The van der Waals surface area contributed by atoms with Gasteiger partial charge in [0.05, 0.1) is 16.6 Å². The van der Waals surface area contributed by atoms with E-state index in [0.29, 0.717) is 0 Å². The number of aromatic nitrogens is 2. The molecule has 94 valence electrons. The van der Waals surface area contributed by atoms with Gasteiger partial charge < -0.3 is 5.32 Å². The van der Waals surface area contributed by atoms with Crippen molar-refractivity contribution in [1.82, 2.24) is 9.97 Å². The largest absolute Gasteiger partial charge is 0.318 e. The minimum Gasteiger partial charge on any atom is -0.318 e. The number of halogens is 1. The molecule has 1 heterocycles. The Morgan fingerprint density at radius 2 is 2.21 bits per heavy atom. The molecule has 1 N–H and O–H groups in total. The normalized spacial score (nSPS) is 9.68. The Morgan fingerprint density at radius 3 is 2.84 bits per heavy atom. The number of rotatable bonds is 3. The van der Waals surface area contributed by atoms with Crippen molar-refractivity contribution in [2.24, 2.45) is 0 Å². The topological polar surface area (TPSA) is 105 Å². The minimum absolute atomic E-state index is 0.139.